The molecule has 2 fully saturated rings. The lowest BCUT2D eigenvalue weighted by Gasteiger charge is -2.32. The summed E-state index contributed by atoms with van der Waals surface area (Å²) in [7, 11) is 0. The van der Waals surface area contributed by atoms with Crippen LogP contribution in [0.1, 0.15) is 12.8 Å². The first-order chi connectivity index (χ1) is 8.97. The van der Waals surface area contributed by atoms with Crippen molar-refractivity contribution in [2.75, 3.05) is 32.7 Å². The van der Waals surface area contributed by atoms with Crippen molar-refractivity contribution in [1.29, 1.82) is 0 Å². The molecular formula is C12H21N3O4. The van der Waals surface area contributed by atoms with Crippen LogP contribution < -0.4 is 5.73 Å². The Morgan fingerprint density at radius 1 is 1.16 bits per heavy atom. The fourth-order valence-corrected chi connectivity index (χ4v) is 2.70. The second kappa shape index (κ2) is 5.85. The van der Waals surface area contributed by atoms with Crippen LogP contribution in [0.5, 0.6) is 0 Å². The molecule has 2 amide bonds. The first kappa shape index (κ1) is 14.2. The van der Waals surface area contributed by atoms with E-state index < -0.39 is 12.2 Å². The third-order valence-electron chi connectivity index (χ3n) is 3.87. The van der Waals surface area contributed by atoms with E-state index in [1.54, 1.807) is 9.80 Å². The SMILES string of the molecule is NC(=O)C1CCCN(C(=O)CN2C[C@@H](O)[C@@H](O)C2)C1. The molecule has 0 spiro atoms. The molecule has 2 rings (SSSR count). The van der Waals surface area contributed by atoms with Crippen molar-refractivity contribution in [3.8, 4) is 0 Å². The Labute approximate surface area is 112 Å². The molecular weight excluding hydrogens is 250 g/mol. The van der Waals surface area contributed by atoms with E-state index >= 15 is 0 Å². The average molecular weight is 271 g/mol. The molecule has 4 N–H and O–H groups in total. The molecule has 0 saturated carbocycles. The van der Waals surface area contributed by atoms with Crippen LogP contribution in [-0.4, -0.2) is 76.8 Å². The van der Waals surface area contributed by atoms with Crippen LogP contribution in [0.4, 0.5) is 0 Å². The molecule has 2 aliphatic rings. The minimum atomic E-state index is -0.785. The lowest BCUT2D eigenvalue weighted by atomic mass is 9.97. The average Bonchev–Trinajstić information content (AvgIpc) is 2.68. The summed E-state index contributed by atoms with van der Waals surface area (Å²) >= 11 is 0. The van der Waals surface area contributed by atoms with E-state index in [2.05, 4.69) is 0 Å². The zero-order valence-electron chi connectivity index (χ0n) is 10.9. The fourth-order valence-electron chi connectivity index (χ4n) is 2.70. The van der Waals surface area contributed by atoms with Crippen molar-refractivity contribution >= 4 is 11.8 Å². The highest BCUT2D eigenvalue weighted by Crippen LogP contribution is 2.17. The van der Waals surface area contributed by atoms with Gasteiger partial charge >= 0.3 is 0 Å². The van der Waals surface area contributed by atoms with Gasteiger partial charge in [-0.1, -0.05) is 0 Å². The minimum absolute atomic E-state index is 0.0766. The Balaban J connectivity index is 1.84. The Morgan fingerprint density at radius 3 is 2.37 bits per heavy atom. The van der Waals surface area contributed by atoms with Gasteiger partial charge in [0, 0.05) is 26.2 Å². The van der Waals surface area contributed by atoms with E-state index in [4.69, 9.17) is 5.73 Å². The summed E-state index contributed by atoms with van der Waals surface area (Å²) in [4.78, 5) is 26.6. The van der Waals surface area contributed by atoms with Crippen molar-refractivity contribution in [3.05, 3.63) is 0 Å². The van der Waals surface area contributed by atoms with Crippen LogP contribution in [0.15, 0.2) is 0 Å². The van der Waals surface area contributed by atoms with Gasteiger partial charge in [0.15, 0.2) is 0 Å². The van der Waals surface area contributed by atoms with Crippen molar-refractivity contribution < 1.29 is 19.8 Å². The number of nitrogens with two attached hydrogens (primary N) is 1. The number of carbonyl (C=O) groups excluding carboxylic acids is 2. The molecule has 7 nitrogen and oxygen atoms in total. The third kappa shape index (κ3) is 3.43. The normalized spacial score (nSPS) is 32.5. The van der Waals surface area contributed by atoms with Gasteiger partial charge in [-0.3, -0.25) is 14.5 Å². The molecule has 2 saturated heterocycles. The van der Waals surface area contributed by atoms with E-state index in [1.165, 1.54) is 0 Å². The molecule has 0 aromatic heterocycles. The number of aliphatic hydroxyl groups excluding tert-OH is 2. The molecule has 0 aliphatic carbocycles. The van der Waals surface area contributed by atoms with Gasteiger partial charge in [-0.25, -0.2) is 0 Å². The van der Waals surface area contributed by atoms with E-state index in [0.717, 1.165) is 12.8 Å². The number of likely N-dealkylation sites (tertiary alicyclic amines) is 2. The number of β-amino-alcohol motifs (C(OH)–C–C–N with tert-alkyl or cyclic N) is 2. The number of piperidine rings is 1. The van der Waals surface area contributed by atoms with Crippen LogP contribution in [0.3, 0.4) is 0 Å². The monoisotopic (exact) mass is 271 g/mol. The first-order valence-electron chi connectivity index (χ1n) is 6.63. The molecule has 0 bridgehead atoms. The largest absolute Gasteiger partial charge is 0.389 e. The summed E-state index contributed by atoms with van der Waals surface area (Å²) < 4.78 is 0. The molecule has 2 aliphatic heterocycles. The lowest BCUT2D eigenvalue weighted by Crippen LogP contribution is -2.47. The number of nitrogens with zero attached hydrogens (tertiary/aromatic N) is 2. The van der Waals surface area contributed by atoms with Crippen LogP contribution in [0.25, 0.3) is 0 Å². The first-order valence-corrected chi connectivity index (χ1v) is 6.63. The Bertz CT molecular complexity index is 353. The van der Waals surface area contributed by atoms with Gasteiger partial charge in [-0.05, 0) is 12.8 Å². The Morgan fingerprint density at radius 2 is 1.79 bits per heavy atom. The van der Waals surface area contributed by atoms with E-state index in [9.17, 15) is 19.8 Å². The number of aliphatic hydroxyl groups is 2. The van der Waals surface area contributed by atoms with E-state index in [1.807, 2.05) is 0 Å². The standard InChI is InChI=1S/C12H21N3O4/c13-12(19)8-2-1-3-15(4-8)11(18)7-14-5-9(16)10(17)6-14/h8-10,16-17H,1-7H2,(H2,13,19)/t8?,9-,10+. The highest BCUT2D eigenvalue weighted by Gasteiger charge is 2.33. The van der Waals surface area contributed by atoms with Gasteiger partial charge in [0.1, 0.15) is 0 Å². The summed E-state index contributed by atoms with van der Waals surface area (Å²) in [6, 6.07) is 0. The van der Waals surface area contributed by atoms with E-state index in [-0.39, 0.29) is 24.3 Å². The maximum atomic E-state index is 12.1. The zero-order chi connectivity index (χ0) is 14.0. The maximum absolute atomic E-state index is 12.1. The van der Waals surface area contributed by atoms with Crippen molar-refractivity contribution in [3.63, 3.8) is 0 Å². The van der Waals surface area contributed by atoms with Crippen LogP contribution in [0.2, 0.25) is 0 Å². The van der Waals surface area contributed by atoms with Crippen LogP contribution >= 0.6 is 0 Å². The number of carbonyl (C=O) groups is 2. The highest BCUT2D eigenvalue weighted by molar-refractivity contribution is 5.81. The summed E-state index contributed by atoms with van der Waals surface area (Å²) in [6.45, 7) is 1.80. The van der Waals surface area contributed by atoms with Gasteiger partial charge < -0.3 is 20.8 Å². The molecule has 0 aromatic rings. The molecule has 1 unspecified atom stereocenters. The molecule has 0 aromatic carbocycles. The Kier molecular flexibility index (Phi) is 4.38. The summed E-state index contributed by atoms with van der Waals surface area (Å²) in [5, 5.41) is 18.9. The molecule has 2 heterocycles. The van der Waals surface area contributed by atoms with Crippen molar-refractivity contribution in [1.82, 2.24) is 9.80 Å². The summed E-state index contributed by atoms with van der Waals surface area (Å²) in [6.07, 6.45) is -0.0507. The van der Waals surface area contributed by atoms with Gasteiger partial charge in [0.25, 0.3) is 0 Å². The number of primary amides is 1. The molecule has 0 radical (unpaired) electrons. The quantitative estimate of drug-likeness (QED) is 0.537. The predicted octanol–water partition coefficient (Wildman–Crippen LogP) is -2.25. The Hall–Kier alpha value is -1.18. The van der Waals surface area contributed by atoms with Crippen LogP contribution in [-0.2, 0) is 9.59 Å². The zero-order valence-corrected chi connectivity index (χ0v) is 10.9. The van der Waals surface area contributed by atoms with Gasteiger partial charge in [-0.2, -0.15) is 0 Å². The van der Waals surface area contributed by atoms with Gasteiger partial charge in [-0.15, -0.1) is 0 Å². The second-order valence-corrected chi connectivity index (χ2v) is 5.41. The van der Waals surface area contributed by atoms with Gasteiger partial charge in [0.05, 0.1) is 24.7 Å². The minimum Gasteiger partial charge on any atom is -0.389 e. The molecule has 19 heavy (non-hydrogen) atoms. The summed E-state index contributed by atoms with van der Waals surface area (Å²) in [5.74, 6) is -0.691. The summed E-state index contributed by atoms with van der Waals surface area (Å²) in [5.41, 5.74) is 5.28. The second-order valence-electron chi connectivity index (χ2n) is 5.41. The topological polar surface area (TPSA) is 107 Å². The highest BCUT2D eigenvalue weighted by atomic mass is 16.3. The number of hydrogen-bond acceptors (Lipinski definition) is 5. The number of hydrogen-bond donors (Lipinski definition) is 3. The number of rotatable bonds is 3. The third-order valence-corrected chi connectivity index (χ3v) is 3.87. The lowest BCUT2D eigenvalue weighted by molar-refractivity contribution is -0.135. The molecule has 7 heteroatoms. The van der Waals surface area contributed by atoms with Crippen LogP contribution in [0, 0.1) is 5.92 Å². The number of amides is 2. The van der Waals surface area contributed by atoms with E-state index in [0.29, 0.717) is 26.2 Å². The predicted molar refractivity (Wildman–Crippen MR) is 67.0 cm³/mol. The maximum Gasteiger partial charge on any atom is 0.236 e. The molecule has 108 valence electrons. The van der Waals surface area contributed by atoms with Crippen molar-refractivity contribution in [2.24, 2.45) is 11.7 Å². The van der Waals surface area contributed by atoms with Crippen molar-refractivity contribution in [2.45, 2.75) is 25.0 Å². The fraction of sp³-hybridized carbons (Fsp3) is 0.833. The smallest absolute Gasteiger partial charge is 0.236 e. The van der Waals surface area contributed by atoms with Gasteiger partial charge in [0.2, 0.25) is 11.8 Å². The molecule has 3 atom stereocenters.